The summed E-state index contributed by atoms with van der Waals surface area (Å²) in [6.07, 6.45) is -6.02. The average molecular weight is 288 g/mol. The molecule has 0 spiro atoms. The number of hydrogen-bond acceptors (Lipinski definition) is 6. The van der Waals surface area contributed by atoms with Crippen LogP contribution >= 0.6 is 0 Å². The highest BCUT2D eigenvalue weighted by Crippen LogP contribution is 2.39. The second kappa shape index (κ2) is 5.36. The number of hydrogen-bond donors (Lipinski definition) is 5. The summed E-state index contributed by atoms with van der Waals surface area (Å²) in [4.78, 5) is 0. The zero-order chi connectivity index (χ0) is 15.0. The molecule has 7 heteroatoms. The highest BCUT2D eigenvalue weighted by atomic mass is 19.2. The fraction of sp³-hybridized carbons (Fsp3) is 0.538. The van der Waals surface area contributed by atoms with E-state index in [9.17, 15) is 24.8 Å². The zero-order valence-corrected chi connectivity index (χ0v) is 10.6. The van der Waals surface area contributed by atoms with Crippen LogP contribution in [0, 0.1) is 0 Å². The van der Waals surface area contributed by atoms with E-state index in [1.807, 2.05) is 0 Å². The lowest BCUT2D eigenvalue weighted by Crippen LogP contribution is -2.71. The molecule has 1 saturated heterocycles. The third kappa shape index (κ3) is 2.44. The molecule has 0 aliphatic carbocycles. The highest BCUT2D eigenvalue weighted by molar-refractivity contribution is 5.18. The first-order valence-electron chi connectivity index (χ1n) is 6.14. The fourth-order valence-electron chi connectivity index (χ4n) is 2.25. The average Bonchev–Trinajstić information content (AvgIpc) is 2.42. The second-order valence-corrected chi connectivity index (χ2v) is 4.89. The number of benzene rings is 1. The molecule has 1 aromatic rings. The molecule has 5 atom stereocenters. The van der Waals surface area contributed by atoms with E-state index in [1.54, 1.807) is 30.3 Å². The van der Waals surface area contributed by atoms with E-state index < -0.39 is 43.0 Å². The predicted octanol–water partition coefficient (Wildman–Crippen LogP) is -1.31. The van der Waals surface area contributed by atoms with Crippen LogP contribution in [0.4, 0.5) is 4.39 Å². The van der Waals surface area contributed by atoms with E-state index in [0.717, 1.165) is 0 Å². The van der Waals surface area contributed by atoms with Crippen molar-refractivity contribution in [2.45, 2.75) is 36.4 Å². The van der Waals surface area contributed by atoms with Crippen molar-refractivity contribution in [1.82, 2.24) is 0 Å². The summed E-state index contributed by atoms with van der Waals surface area (Å²) in [5.41, 5.74) is 0.450. The maximum absolute atomic E-state index is 14.2. The normalized spacial score (nSPS) is 41.6. The molecule has 5 N–H and O–H groups in total. The van der Waals surface area contributed by atoms with Crippen molar-refractivity contribution in [3.05, 3.63) is 35.9 Å². The summed E-state index contributed by atoms with van der Waals surface area (Å²) in [7, 11) is 0. The van der Waals surface area contributed by atoms with Gasteiger partial charge in [0.15, 0.2) is 0 Å². The Morgan fingerprint density at radius 2 is 1.75 bits per heavy atom. The summed E-state index contributed by atoms with van der Waals surface area (Å²) in [5, 5.41) is 48.0. The van der Waals surface area contributed by atoms with E-state index >= 15 is 0 Å². The van der Waals surface area contributed by atoms with Crippen LogP contribution in [0.25, 0.3) is 0 Å². The van der Waals surface area contributed by atoms with Crippen LogP contribution in [-0.2, 0) is 11.2 Å². The molecule has 0 saturated carbocycles. The van der Waals surface area contributed by atoms with Crippen LogP contribution in [0.1, 0.15) is 5.56 Å². The quantitative estimate of drug-likeness (QED) is 0.472. The van der Waals surface area contributed by atoms with Gasteiger partial charge in [0.1, 0.15) is 18.3 Å². The molecule has 0 unspecified atom stereocenters. The molecule has 0 bridgehead atoms. The summed E-state index contributed by atoms with van der Waals surface area (Å²) in [6.45, 7) is -0.745. The van der Waals surface area contributed by atoms with Crippen LogP contribution in [-0.4, -0.2) is 62.1 Å². The molecular weight excluding hydrogens is 271 g/mol. The summed E-state index contributed by atoms with van der Waals surface area (Å²) in [5.74, 6) is -6.35. The first kappa shape index (κ1) is 15.3. The van der Waals surface area contributed by atoms with E-state index in [2.05, 4.69) is 0 Å². The van der Waals surface area contributed by atoms with Gasteiger partial charge in [0.05, 0.1) is 6.61 Å². The van der Waals surface area contributed by atoms with Crippen molar-refractivity contribution in [3.63, 3.8) is 0 Å². The van der Waals surface area contributed by atoms with E-state index in [4.69, 9.17) is 9.84 Å². The first-order valence-corrected chi connectivity index (χ1v) is 6.14. The molecule has 0 radical (unpaired) electrons. The van der Waals surface area contributed by atoms with Gasteiger partial charge in [-0.15, -0.1) is 0 Å². The molecule has 1 aliphatic heterocycles. The Hall–Kier alpha value is -1.09. The Kier molecular flexibility index (Phi) is 4.10. The van der Waals surface area contributed by atoms with Crippen LogP contribution in [0.5, 0.6) is 0 Å². The minimum Gasteiger partial charge on any atom is -0.394 e. The molecule has 112 valence electrons. The molecule has 6 nitrogen and oxygen atoms in total. The largest absolute Gasteiger partial charge is 0.394 e. The number of aliphatic hydroxyl groups is 5. The Morgan fingerprint density at radius 3 is 2.30 bits per heavy atom. The third-order valence-corrected chi connectivity index (χ3v) is 3.46. The van der Waals surface area contributed by atoms with Gasteiger partial charge >= 0.3 is 0 Å². The summed E-state index contributed by atoms with van der Waals surface area (Å²) in [6, 6.07) is 8.15. The standard InChI is InChI=1S/C13H17FO6/c14-13(19)11(17)10(16)9(7-15)20-12(13,18)6-8-4-2-1-3-5-8/h1-5,9-11,15-19H,6-7H2/t9-,10+,11+,12-,13+/m1/s1. The monoisotopic (exact) mass is 288 g/mol. The molecule has 0 amide bonds. The second-order valence-electron chi connectivity index (χ2n) is 4.89. The van der Waals surface area contributed by atoms with Crippen molar-refractivity contribution < 1.29 is 34.7 Å². The van der Waals surface area contributed by atoms with Crippen LogP contribution in [0.15, 0.2) is 30.3 Å². The van der Waals surface area contributed by atoms with Crippen molar-refractivity contribution in [1.29, 1.82) is 0 Å². The number of alkyl halides is 1. The van der Waals surface area contributed by atoms with Gasteiger partial charge in [0.2, 0.25) is 5.79 Å². The SMILES string of the molecule is OC[C@H]1O[C@](O)(Cc2ccccc2)[C@](O)(F)[C@@H](O)[C@H]1O. The molecule has 1 fully saturated rings. The van der Waals surface area contributed by atoms with Gasteiger partial charge in [0, 0.05) is 6.42 Å². The molecule has 20 heavy (non-hydrogen) atoms. The minimum atomic E-state index is -3.58. The highest BCUT2D eigenvalue weighted by Gasteiger charge is 2.64. The minimum absolute atomic E-state index is 0.450. The van der Waals surface area contributed by atoms with Crippen molar-refractivity contribution in [2.24, 2.45) is 0 Å². The lowest BCUT2D eigenvalue weighted by atomic mass is 9.86. The van der Waals surface area contributed by atoms with E-state index in [0.29, 0.717) is 5.56 Å². The van der Waals surface area contributed by atoms with Crippen molar-refractivity contribution >= 4 is 0 Å². The van der Waals surface area contributed by atoms with Crippen LogP contribution in [0.3, 0.4) is 0 Å². The van der Waals surface area contributed by atoms with Gasteiger partial charge in [-0.2, -0.15) is 0 Å². The third-order valence-electron chi connectivity index (χ3n) is 3.46. The Morgan fingerprint density at radius 1 is 1.15 bits per heavy atom. The molecule has 1 aromatic carbocycles. The molecule has 1 aliphatic rings. The van der Waals surface area contributed by atoms with Crippen molar-refractivity contribution in [3.8, 4) is 0 Å². The Balaban J connectivity index is 2.31. The van der Waals surface area contributed by atoms with Gasteiger partial charge in [-0.05, 0) is 5.56 Å². The van der Waals surface area contributed by atoms with Gasteiger partial charge in [-0.1, -0.05) is 30.3 Å². The summed E-state index contributed by atoms with van der Waals surface area (Å²) < 4.78 is 19.1. The maximum Gasteiger partial charge on any atom is 0.290 e. The molecular formula is C13H17FO6. The van der Waals surface area contributed by atoms with E-state index in [1.165, 1.54) is 0 Å². The Bertz CT molecular complexity index is 453. The summed E-state index contributed by atoms with van der Waals surface area (Å²) >= 11 is 0. The van der Waals surface area contributed by atoms with Gasteiger partial charge < -0.3 is 30.3 Å². The topological polar surface area (TPSA) is 110 Å². The maximum atomic E-state index is 14.2. The zero-order valence-electron chi connectivity index (χ0n) is 10.6. The molecule has 0 aromatic heterocycles. The van der Waals surface area contributed by atoms with Gasteiger partial charge in [-0.25, -0.2) is 4.39 Å². The first-order chi connectivity index (χ1) is 9.32. The Labute approximate surface area is 114 Å². The van der Waals surface area contributed by atoms with Crippen molar-refractivity contribution in [2.75, 3.05) is 6.61 Å². The lowest BCUT2D eigenvalue weighted by Gasteiger charge is -2.48. The fourth-order valence-corrected chi connectivity index (χ4v) is 2.25. The smallest absolute Gasteiger partial charge is 0.290 e. The number of ether oxygens (including phenoxy) is 1. The number of rotatable bonds is 3. The number of aliphatic hydroxyl groups excluding tert-OH is 3. The number of halogens is 1. The van der Waals surface area contributed by atoms with Gasteiger partial charge in [0.25, 0.3) is 5.85 Å². The van der Waals surface area contributed by atoms with Crippen LogP contribution < -0.4 is 0 Å². The molecule has 1 heterocycles. The lowest BCUT2D eigenvalue weighted by molar-refractivity contribution is -0.425. The van der Waals surface area contributed by atoms with Gasteiger partial charge in [-0.3, -0.25) is 0 Å². The van der Waals surface area contributed by atoms with Crippen LogP contribution in [0.2, 0.25) is 0 Å². The predicted molar refractivity (Wildman–Crippen MR) is 65.1 cm³/mol. The van der Waals surface area contributed by atoms with E-state index in [-0.39, 0.29) is 0 Å². The molecule has 2 rings (SSSR count).